The zero-order chi connectivity index (χ0) is 26.9. The Morgan fingerprint density at radius 1 is 0.707 bits per heavy atom. The molecule has 1 fully saturated rings. The molecule has 7 atom stereocenters. The predicted octanol–water partition coefficient (Wildman–Crippen LogP) is 9.59. The van der Waals surface area contributed by atoms with Crippen LogP contribution in [0.5, 0.6) is 0 Å². The zero-order valence-electron chi connectivity index (χ0n) is 23.2. The van der Waals surface area contributed by atoms with Gasteiger partial charge in [-0.3, -0.25) is 0 Å². The number of hydrogen-bond acceptors (Lipinski definition) is 1. The van der Waals surface area contributed by atoms with E-state index in [-0.39, 0.29) is 12.2 Å². The number of benzene rings is 4. The lowest BCUT2D eigenvalue weighted by Crippen LogP contribution is -2.36. The molecule has 1 heterocycles. The molecule has 4 aromatic carbocycles. The van der Waals surface area contributed by atoms with E-state index in [4.69, 9.17) is 4.74 Å². The first-order chi connectivity index (χ1) is 20.3. The number of hydrogen-bond donors (Lipinski definition) is 0. The molecule has 0 aromatic heterocycles. The zero-order valence-corrected chi connectivity index (χ0v) is 23.2. The average molecular weight is 531 g/mol. The van der Waals surface area contributed by atoms with Crippen LogP contribution in [-0.2, 0) is 11.2 Å². The summed E-state index contributed by atoms with van der Waals surface area (Å²) in [6.07, 6.45) is 27.5. The molecule has 200 valence electrons. The van der Waals surface area contributed by atoms with Crippen LogP contribution in [-0.4, -0.2) is 12.2 Å². The van der Waals surface area contributed by atoms with Crippen molar-refractivity contribution in [2.75, 3.05) is 0 Å². The fourth-order valence-electron chi connectivity index (χ4n) is 8.77. The molecule has 1 nitrogen and oxygen atoms in total. The highest BCUT2D eigenvalue weighted by Gasteiger charge is 2.50. The fraction of sp³-hybridized carbons (Fsp3) is 0.250. The third kappa shape index (κ3) is 3.65. The second kappa shape index (κ2) is 9.29. The van der Waals surface area contributed by atoms with Gasteiger partial charge in [-0.1, -0.05) is 121 Å². The van der Waals surface area contributed by atoms with Crippen molar-refractivity contribution >= 4 is 27.6 Å². The van der Waals surface area contributed by atoms with E-state index in [1.165, 1.54) is 49.4 Å². The molecule has 7 unspecified atom stereocenters. The van der Waals surface area contributed by atoms with Gasteiger partial charge < -0.3 is 4.74 Å². The summed E-state index contributed by atoms with van der Waals surface area (Å²) in [5.74, 6) is 2.51. The number of allylic oxidation sites excluding steroid dienone is 7. The van der Waals surface area contributed by atoms with Gasteiger partial charge in [-0.15, -0.1) is 0 Å². The molecule has 1 saturated heterocycles. The molecule has 1 aliphatic heterocycles. The summed E-state index contributed by atoms with van der Waals surface area (Å²) >= 11 is 0. The number of fused-ring (bicyclic) bond motifs is 8. The summed E-state index contributed by atoms with van der Waals surface area (Å²) in [6.45, 7) is 0. The van der Waals surface area contributed by atoms with Gasteiger partial charge in [-0.2, -0.15) is 0 Å². The van der Waals surface area contributed by atoms with Crippen molar-refractivity contribution in [3.8, 4) is 11.1 Å². The number of rotatable bonds is 2. The van der Waals surface area contributed by atoms with Gasteiger partial charge >= 0.3 is 0 Å². The van der Waals surface area contributed by atoms with Crippen LogP contribution < -0.4 is 0 Å². The Hall–Kier alpha value is -3.94. The van der Waals surface area contributed by atoms with Crippen molar-refractivity contribution in [3.05, 3.63) is 138 Å². The van der Waals surface area contributed by atoms with Gasteiger partial charge in [0.15, 0.2) is 0 Å². The maximum absolute atomic E-state index is 6.67. The lowest BCUT2D eigenvalue weighted by atomic mass is 9.64. The van der Waals surface area contributed by atoms with Gasteiger partial charge in [0.2, 0.25) is 0 Å². The van der Waals surface area contributed by atoms with Crippen molar-refractivity contribution in [1.29, 1.82) is 0 Å². The molecule has 0 radical (unpaired) electrons. The van der Waals surface area contributed by atoms with Crippen LogP contribution in [0.4, 0.5) is 0 Å². The third-order valence-electron chi connectivity index (χ3n) is 10.5. The fourth-order valence-corrected chi connectivity index (χ4v) is 8.77. The molecule has 0 bridgehead atoms. The molecule has 0 amide bonds. The third-order valence-corrected chi connectivity index (χ3v) is 10.5. The van der Waals surface area contributed by atoms with E-state index in [1.54, 1.807) is 0 Å². The summed E-state index contributed by atoms with van der Waals surface area (Å²) in [5.41, 5.74) is 7.27. The summed E-state index contributed by atoms with van der Waals surface area (Å²) in [4.78, 5) is 0. The Morgan fingerprint density at radius 3 is 2.49 bits per heavy atom. The van der Waals surface area contributed by atoms with E-state index in [0.29, 0.717) is 29.6 Å². The highest BCUT2D eigenvalue weighted by atomic mass is 16.5. The normalized spacial score (nSPS) is 30.8. The minimum atomic E-state index is 0.221. The van der Waals surface area contributed by atoms with Crippen LogP contribution in [0.2, 0.25) is 0 Å². The Labute approximate surface area is 242 Å². The predicted molar refractivity (Wildman–Crippen MR) is 171 cm³/mol. The van der Waals surface area contributed by atoms with Crippen molar-refractivity contribution < 1.29 is 4.74 Å². The lowest BCUT2D eigenvalue weighted by Gasteiger charge is -2.38. The Bertz CT molecular complexity index is 1850. The monoisotopic (exact) mass is 530 g/mol. The van der Waals surface area contributed by atoms with Gasteiger partial charge in [0.05, 0.1) is 12.2 Å². The van der Waals surface area contributed by atoms with E-state index >= 15 is 0 Å². The smallest absolute Gasteiger partial charge is 0.0802 e. The van der Waals surface area contributed by atoms with Crippen LogP contribution in [0, 0.1) is 23.7 Å². The maximum atomic E-state index is 6.67. The molecule has 9 rings (SSSR count). The molecule has 1 heteroatoms. The average Bonchev–Trinajstić information content (AvgIpc) is 3.42. The van der Waals surface area contributed by atoms with Gasteiger partial charge in [0.25, 0.3) is 0 Å². The molecule has 41 heavy (non-hydrogen) atoms. The molecular weight excluding hydrogens is 496 g/mol. The molecule has 4 aliphatic carbocycles. The number of ether oxygens (including phenoxy) is 1. The van der Waals surface area contributed by atoms with E-state index in [0.717, 1.165) is 19.3 Å². The van der Waals surface area contributed by atoms with Crippen LogP contribution in [0.25, 0.3) is 38.7 Å². The summed E-state index contributed by atoms with van der Waals surface area (Å²) in [5, 5.41) is 5.41. The SMILES string of the molecule is C1=CC2C=CC3OC4C=CC(c5c6c(c(-c7ccc8ccccc8c7)c7ccccc57)CCC=C6)CC4C3C2C=C1. The second-order valence-electron chi connectivity index (χ2n) is 12.6. The van der Waals surface area contributed by atoms with Gasteiger partial charge in [-0.05, 0) is 86.5 Å². The first-order valence-corrected chi connectivity index (χ1v) is 15.4. The van der Waals surface area contributed by atoms with E-state index in [2.05, 4.69) is 127 Å². The van der Waals surface area contributed by atoms with Crippen LogP contribution in [0.3, 0.4) is 0 Å². The summed E-state index contributed by atoms with van der Waals surface area (Å²) in [6, 6.07) is 24.9. The summed E-state index contributed by atoms with van der Waals surface area (Å²) < 4.78 is 6.67. The molecule has 4 aromatic rings. The van der Waals surface area contributed by atoms with Crippen LogP contribution in [0.15, 0.2) is 121 Å². The van der Waals surface area contributed by atoms with Crippen molar-refractivity contribution in [1.82, 2.24) is 0 Å². The topological polar surface area (TPSA) is 9.23 Å². The highest BCUT2D eigenvalue weighted by Crippen LogP contribution is 2.53. The summed E-state index contributed by atoms with van der Waals surface area (Å²) in [7, 11) is 0. The molecule has 5 aliphatic rings. The van der Waals surface area contributed by atoms with Gasteiger partial charge in [-0.25, -0.2) is 0 Å². The molecule has 0 spiro atoms. The van der Waals surface area contributed by atoms with Crippen LogP contribution >= 0.6 is 0 Å². The highest BCUT2D eigenvalue weighted by molar-refractivity contribution is 6.05. The first-order valence-electron chi connectivity index (χ1n) is 15.4. The largest absolute Gasteiger partial charge is 0.366 e. The maximum Gasteiger partial charge on any atom is 0.0802 e. The van der Waals surface area contributed by atoms with E-state index in [1.807, 2.05) is 0 Å². The van der Waals surface area contributed by atoms with Crippen molar-refractivity contribution in [3.63, 3.8) is 0 Å². The Kier molecular flexibility index (Phi) is 5.38. The quantitative estimate of drug-likeness (QED) is 0.234. The standard InChI is InChI=1S/C40H34O/c1-2-11-27-23-28(18-17-25(27)9-1)38-31-13-5-7-15-33(31)39(34-16-8-6-14-32(34)38)29-20-21-36-35(24-29)40-30-12-4-3-10-26(30)19-22-37(40)41-36/h1-5,7-13,15-23,26,29-30,35-37,40H,6,14,24H2. The minimum Gasteiger partial charge on any atom is -0.366 e. The van der Waals surface area contributed by atoms with Gasteiger partial charge in [0, 0.05) is 17.8 Å². The van der Waals surface area contributed by atoms with Crippen molar-refractivity contribution in [2.24, 2.45) is 23.7 Å². The Balaban J connectivity index is 1.20. The Morgan fingerprint density at radius 2 is 1.54 bits per heavy atom. The van der Waals surface area contributed by atoms with E-state index < -0.39 is 0 Å². The second-order valence-corrected chi connectivity index (χ2v) is 12.6. The molecule has 0 N–H and O–H groups in total. The molecular formula is C40H34O. The van der Waals surface area contributed by atoms with Crippen molar-refractivity contribution in [2.45, 2.75) is 37.4 Å². The van der Waals surface area contributed by atoms with E-state index in [9.17, 15) is 0 Å². The lowest BCUT2D eigenvalue weighted by molar-refractivity contribution is 0.0722. The van der Waals surface area contributed by atoms with Gasteiger partial charge in [0.1, 0.15) is 0 Å². The minimum absolute atomic E-state index is 0.221. The molecule has 0 saturated carbocycles. The van der Waals surface area contributed by atoms with Crippen LogP contribution in [0.1, 0.15) is 35.4 Å². The first kappa shape index (κ1) is 23.7.